The summed E-state index contributed by atoms with van der Waals surface area (Å²) < 4.78 is 0. The minimum atomic E-state index is 0.925. The third-order valence-corrected chi connectivity index (χ3v) is 3.35. The number of para-hydroxylation sites is 1. The summed E-state index contributed by atoms with van der Waals surface area (Å²) in [4.78, 5) is 2.29. The van der Waals surface area contributed by atoms with Gasteiger partial charge in [0.05, 0.1) is 0 Å². The van der Waals surface area contributed by atoms with Crippen molar-refractivity contribution in [3.63, 3.8) is 0 Å². The van der Waals surface area contributed by atoms with E-state index in [4.69, 9.17) is 0 Å². The number of nitrogens with one attached hydrogen (secondary N) is 1. The summed E-state index contributed by atoms with van der Waals surface area (Å²) in [5, 5.41) is 3.17. The van der Waals surface area contributed by atoms with Crippen molar-refractivity contribution in [2.75, 3.05) is 19.0 Å². The number of hydrogen-bond acceptors (Lipinski definition) is 2. The summed E-state index contributed by atoms with van der Waals surface area (Å²) in [5.41, 5.74) is 5.27. The Balaban J connectivity index is 2.06. The lowest BCUT2D eigenvalue weighted by molar-refractivity contribution is 0.816. The molecule has 0 aliphatic carbocycles. The minimum Gasteiger partial charge on any atom is -0.370 e. The van der Waals surface area contributed by atoms with Crippen LogP contribution in [0.1, 0.15) is 16.7 Å². The lowest BCUT2D eigenvalue weighted by Crippen LogP contribution is -2.17. The first-order valence-corrected chi connectivity index (χ1v) is 6.70. The number of anilines is 1. The molecule has 0 radical (unpaired) electrons. The molecule has 0 heterocycles. The molecule has 0 saturated heterocycles. The molecule has 0 unspecified atom stereocenters. The Hall–Kier alpha value is -1.80. The molecule has 2 rings (SSSR count). The third kappa shape index (κ3) is 3.58. The molecule has 0 aromatic heterocycles. The van der Waals surface area contributed by atoms with Crippen LogP contribution in [0.15, 0.2) is 48.5 Å². The van der Waals surface area contributed by atoms with Crippen molar-refractivity contribution in [2.24, 2.45) is 0 Å². The van der Waals surface area contributed by atoms with E-state index < -0.39 is 0 Å². The van der Waals surface area contributed by atoms with Gasteiger partial charge >= 0.3 is 0 Å². The van der Waals surface area contributed by atoms with Crippen LogP contribution in [0.4, 0.5) is 5.69 Å². The monoisotopic (exact) mass is 254 g/mol. The van der Waals surface area contributed by atoms with Gasteiger partial charge in [-0.2, -0.15) is 0 Å². The zero-order valence-electron chi connectivity index (χ0n) is 12.0. The van der Waals surface area contributed by atoms with E-state index in [1.165, 1.54) is 22.4 Å². The van der Waals surface area contributed by atoms with Crippen LogP contribution in [0, 0.1) is 6.92 Å². The van der Waals surface area contributed by atoms with Gasteiger partial charge in [-0.15, -0.1) is 0 Å². The van der Waals surface area contributed by atoms with Gasteiger partial charge in [-0.3, -0.25) is 0 Å². The molecule has 0 aliphatic heterocycles. The second-order valence-corrected chi connectivity index (χ2v) is 4.99. The molecule has 2 aromatic rings. The highest BCUT2D eigenvalue weighted by Gasteiger charge is 2.04. The molecular weight excluding hydrogens is 232 g/mol. The van der Waals surface area contributed by atoms with E-state index in [9.17, 15) is 0 Å². The van der Waals surface area contributed by atoms with E-state index >= 15 is 0 Å². The predicted octanol–water partition coefficient (Wildman–Crippen LogP) is 3.35. The van der Waals surface area contributed by atoms with Crippen molar-refractivity contribution in [1.29, 1.82) is 0 Å². The number of hydrogen-bond donors (Lipinski definition) is 1. The topological polar surface area (TPSA) is 15.3 Å². The fraction of sp³-hybridized carbons (Fsp3) is 0.294. The van der Waals surface area contributed by atoms with Crippen molar-refractivity contribution in [3.8, 4) is 0 Å². The number of benzene rings is 2. The quantitative estimate of drug-likeness (QED) is 0.880. The van der Waals surface area contributed by atoms with Crippen molar-refractivity contribution < 1.29 is 0 Å². The summed E-state index contributed by atoms with van der Waals surface area (Å²) in [6.45, 7) is 4.01. The summed E-state index contributed by atoms with van der Waals surface area (Å²) in [5.74, 6) is 0. The molecule has 0 saturated carbocycles. The number of nitrogens with zero attached hydrogens (tertiary/aromatic N) is 1. The molecule has 19 heavy (non-hydrogen) atoms. The fourth-order valence-corrected chi connectivity index (χ4v) is 2.32. The first kappa shape index (κ1) is 13.6. The molecule has 0 aliphatic rings. The van der Waals surface area contributed by atoms with Crippen LogP contribution in [-0.4, -0.2) is 14.1 Å². The standard InChI is InChI=1S/C17H22N2/c1-14-6-4-5-7-17(14)19(3)13-16-10-8-15(9-11-16)12-18-2/h4-11,18H,12-13H2,1-3H3. The highest BCUT2D eigenvalue weighted by Crippen LogP contribution is 2.20. The van der Waals surface area contributed by atoms with Crippen LogP contribution in [0.25, 0.3) is 0 Å². The lowest BCUT2D eigenvalue weighted by Gasteiger charge is -2.21. The maximum atomic E-state index is 3.17. The molecule has 0 bridgehead atoms. The Morgan fingerprint density at radius 3 is 2.21 bits per heavy atom. The largest absolute Gasteiger partial charge is 0.370 e. The molecular formula is C17H22N2. The molecule has 0 amide bonds. The molecule has 0 atom stereocenters. The molecule has 1 N–H and O–H groups in total. The molecule has 2 nitrogen and oxygen atoms in total. The van der Waals surface area contributed by atoms with Crippen LogP contribution in [0.2, 0.25) is 0 Å². The van der Waals surface area contributed by atoms with Crippen LogP contribution in [0.3, 0.4) is 0 Å². The van der Waals surface area contributed by atoms with Gasteiger partial charge in [0, 0.05) is 25.8 Å². The molecule has 2 heteroatoms. The molecule has 2 aromatic carbocycles. The highest BCUT2D eigenvalue weighted by atomic mass is 15.1. The van der Waals surface area contributed by atoms with E-state index in [1.807, 2.05) is 7.05 Å². The fourth-order valence-electron chi connectivity index (χ4n) is 2.32. The van der Waals surface area contributed by atoms with Crippen LogP contribution in [-0.2, 0) is 13.1 Å². The normalized spacial score (nSPS) is 10.5. The van der Waals surface area contributed by atoms with Crippen molar-refractivity contribution in [2.45, 2.75) is 20.0 Å². The maximum Gasteiger partial charge on any atom is 0.0426 e. The van der Waals surface area contributed by atoms with Gasteiger partial charge in [0.15, 0.2) is 0 Å². The number of aryl methyl sites for hydroxylation is 1. The second kappa shape index (κ2) is 6.39. The number of rotatable bonds is 5. The van der Waals surface area contributed by atoms with E-state index in [2.05, 4.69) is 72.7 Å². The zero-order chi connectivity index (χ0) is 13.7. The Morgan fingerprint density at radius 1 is 0.947 bits per heavy atom. The lowest BCUT2D eigenvalue weighted by atomic mass is 10.1. The average molecular weight is 254 g/mol. The van der Waals surface area contributed by atoms with Crippen molar-refractivity contribution in [1.82, 2.24) is 5.32 Å². The predicted molar refractivity (Wildman–Crippen MR) is 82.5 cm³/mol. The van der Waals surface area contributed by atoms with Crippen LogP contribution in [0.5, 0.6) is 0 Å². The van der Waals surface area contributed by atoms with Gasteiger partial charge in [-0.1, -0.05) is 42.5 Å². The van der Waals surface area contributed by atoms with Gasteiger partial charge in [-0.25, -0.2) is 0 Å². The van der Waals surface area contributed by atoms with Crippen LogP contribution >= 0.6 is 0 Å². The summed E-state index contributed by atoms with van der Waals surface area (Å²) in [6, 6.07) is 17.3. The Bertz CT molecular complexity index is 517. The van der Waals surface area contributed by atoms with Crippen LogP contribution < -0.4 is 10.2 Å². The molecule has 0 spiro atoms. The molecule has 0 fully saturated rings. The van der Waals surface area contributed by atoms with E-state index in [0.717, 1.165) is 13.1 Å². The first-order chi connectivity index (χ1) is 9.20. The van der Waals surface area contributed by atoms with Gasteiger partial charge in [0.25, 0.3) is 0 Å². The van der Waals surface area contributed by atoms with Gasteiger partial charge in [0.2, 0.25) is 0 Å². The first-order valence-electron chi connectivity index (χ1n) is 6.70. The summed E-state index contributed by atoms with van der Waals surface area (Å²) in [7, 11) is 4.11. The SMILES string of the molecule is CNCc1ccc(CN(C)c2ccccc2C)cc1. The van der Waals surface area contributed by atoms with Crippen molar-refractivity contribution in [3.05, 3.63) is 65.2 Å². The summed E-state index contributed by atoms with van der Waals surface area (Å²) in [6.07, 6.45) is 0. The maximum absolute atomic E-state index is 3.17. The smallest absolute Gasteiger partial charge is 0.0426 e. The van der Waals surface area contributed by atoms with Gasteiger partial charge in [-0.05, 0) is 36.7 Å². The zero-order valence-corrected chi connectivity index (χ0v) is 12.0. The van der Waals surface area contributed by atoms with Crippen molar-refractivity contribution >= 4 is 5.69 Å². The Morgan fingerprint density at radius 2 is 1.58 bits per heavy atom. The molecule has 100 valence electrons. The third-order valence-electron chi connectivity index (χ3n) is 3.35. The second-order valence-electron chi connectivity index (χ2n) is 4.99. The van der Waals surface area contributed by atoms with Gasteiger partial charge in [0.1, 0.15) is 0 Å². The van der Waals surface area contributed by atoms with E-state index in [1.54, 1.807) is 0 Å². The highest BCUT2D eigenvalue weighted by molar-refractivity contribution is 5.52. The van der Waals surface area contributed by atoms with E-state index in [0.29, 0.717) is 0 Å². The summed E-state index contributed by atoms with van der Waals surface area (Å²) >= 11 is 0. The Kier molecular flexibility index (Phi) is 4.58. The minimum absolute atomic E-state index is 0.925. The van der Waals surface area contributed by atoms with Gasteiger partial charge < -0.3 is 10.2 Å². The average Bonchev–Trinajstić information content (AvgIpc) is 2.42. The Labute approximate surface area is 116 Å². The van der Waals surface area contributed by atoms with E-state index in [-0.39, 0.29) is 0 Å².